The molecule has 0 fully saturated rings. The molecule has 0 saturated carbocycles. The maximum Gasteiger partial charge on any atom is 0.459 e. The van der Waals surface area contributed by atoms with E-state index in [0.29, 0.717) is 24.7 Å². The summed E-state index contributed by atoms with van der Waals surface area (Å²) < 4.78 is 31.5. The third kappa shape index (κ3) is 8.43. The fourth-order valence-electron chi connectivity index (χ4n) is 2.33. The molecule has 2 N–H and O–H groups in total. The highest BCUT2D eigenvalue weighted by molar-refractivity contribution is 14.1. The van der Waals surface area contributed by atoms with E-state index < -0.39 is 19.8 Å². The summed E-state index contributed by atoms with van der Waals surface area (Å²) >= 11 is 4.00. The molecule has 0 heterocycles. The van der Waals surface area contributed by atoms with Crippen molar-refractivity contribution in [1.82, 2.24) is 5.09 Å². The van der Waals surface area contributed by atoms with Crippen molar-refractivity contribution in [3.63, 3.8) is 0 Å². The van der Waals surface area contributed by atoms with Crippen molar-refractivity contribution in [1.29, 1.82) is 0 Å². The zero-order chi connectivity index (χ0) is 23.0. The number of halogens is 2. The summed E-state index contributed by atoms with van der Waals surface area (Å²) in [7, 11) is -3.99. The van der Waals surface area contributed by atoms with E-state index in [4.69, 9.17) is 13.8 Å². The van der Waals surface area contributed by atoms with Gasteiger partial charge in [0.2, 0.25) is 0 Å². The second kappa shape index (κ2) is 12.3. The SMILES string of the molecule is CC(C)OC[C@@H](C=O)NP(=O)(OCc1c(I)cc(C(=O)O)cc1I)Oc1ccccc1. The molecule has 0 aromatic heterocycles. The minimum atomic E-state index is -3.99. The molecule has 2 atom stereocenters. The number of carbonyl (C=O) groups excluding carboxylic acids is 1. The standard InChI is InChI=1S/C20H22I2NO7P/c1-13(2)28-11-15(10-24)23-31(27,30-16-6-4-3-5-7-16)29-12-17-18(21)8-14(20(25)26)9-19(17)22/h3-10,13,15H,11-12H2,1-2H3,(H,23,27)(H,25,26)/t15-,31?/m1/s1. The van der Waals surface area contributed by atoms with E-state index in [2.05, 4.69) is 5.09 Å². The fraction of sp³-hybridized carbons (Fsp3) is 0.300. The molecule has 2 aromatic rings. The molecule has 0 amide bonds. The Balaban J connectivity index is 2.25. The summed E-state index contributed by atoms with van der Waals surface area (Å²) in [6.07, 6.45) is 0.470. The lowest BCUT2D eigenvalue weighted by molar-refractivity contribution is -0.111. The number of rotatable bonds is 12. The number of carbonyl (C=O) groups is 2. The Morgan fingerprint density at radius 1 is 1.19 bits per heavy atom. The molecule has 168 valence electrons. The Labute approximate surface area is 207 Å². The monoisotopic (exact) mass is 673 g/mol. The highest BCUT2D eigenvalue weighted by Crippen LogP contribution is 2.46. The van der Waals surface area contributed by atoms with Crippen LogP contribution in [0.15, 0.2) is 42.5 Å². The molecule has 31 heavy (non-hydrogen) atoms. The van der Waals surface area contributed by atoms with Crippen LogP contribution in [-0.2, 0) is 25.2 Å². The van der Waals surface area contributed by atoms with E-state index in [9.17, 15) is 19.3 Å². The van der Waals surface area contributed by atoms with E-state index in [-0.39, 0.29) is 24.9 Å². The predicted molar refractivity (Wildman–Crippen MR) is 132 cm³/mol. The van der Waals surface area contributed by atoms with Gasteiger partial charge in [0.25, 0.3) is 0 Å². The molecule has 8 nitrogen and oxygen atoms in total. The second-order valence-electron chi connectivity index (χ2n) is 6.65. The van der Waals surface area contributed by atoms with Gasteiger partial charge in [-0.2, -0.15) is 5.09 Å². The number of benzene rings is 2. The van der Waals surface area contributed by atoms with Crippen LogP contribution in [0.25, 0.3) is 0 Å². The third-order valence-corrected chi connectivity index (χ3v) is 7.33. The summed E-state index contributed by atoms with van der Waals surface area (Å²) in [4.78, 5) is 22.7. The molecular weight excluding hydrogens is 651 g/mol. The van der Waals surface area contributed by atoms with Gasteiger partial charge in [0.1, 0.15) is 12.0 Å². The lowest BCUT2D eigenvalue weighted by atomic mass is 10.1. The second-order valence-corrected chi connectivity index (χ2v) is 10.7. The maximum atomic E-state index is 13.5. The molecule has 0 aliphatic heterocycles. The van der Waals surface area contributed by atoms with Crippen LogP contribution < -0.4 is 9.61 Å². The lowest BCUT2D eigenvalue weighted by Crippen LogP contribution is -2.35. The van der Waals surface area contributed by atoms with Gasteiger partial charge in [-0.25, -0.2) is 9.36 Å². The zero-order valence-electron chi connectivity index (χ0n) is 16.8. The van der Waals surface area contributed by atoms with Crippen LogP contribution in [0.1, 0.15) is 29.8 Å². The molecule has 0 saturated heterocycles. The smallest absolute Gasteiger partial charge is 0.459 e. The van der Waals surface area contributed by atoms with Gasteiger partial charge < -0.3 is 19.2 Å². The van der Waals surface area contributed by atoms with E-state index in [1.807, 2.05) is 59.0 Å². The quantitative estimate of drug-likeness (QED) is 0.187. The van der Waals surface area contributed by atoms with Gasteiger partial charge >= 0.3 is 13.7 Å². The minimum Gasteiger partial charge on any atom is -0.478 e. The van der Waals surface area contributed by atoms with Gasteiger partial charge in [-0.3, -0.25) is 4.52 Å². The first-order chi connectivity index (χ1) is 14.6. The maximum absolute atomic E-state index is 13.5. The van der Waals surface area contributed by atoms with E-state index in [1.54, 1.807) is 30.3 Å². The topological polar surface area (TPSA) is 111 Å². The van der Waals surface area contributed by atoms with Gasteiger partial charge in [0.05, 0.1) is 30.9 Å². The largest absolute Gasteiger partial charge is 0.478 e. The Morgan fingerprint density at radius 3 is 2.32 bits per heavy atom. The highest BCUT2D eigenvalue weighted by atomic mass is 127. The number of nitrogens with one attached hydrogen (secondary N) is 1. The molecule has 1 unspecified atom stereocenters. The van der Waals surface area contributed by atoms with E-state index in [1.165, 1.54) is 12.1 Å². The summed E-state index contributed by atoms with van der Waals surface area (Å²) in [5, 5.41) is 11.8. The molecule has 0 radical (unpaired) electrons. The van der Waals surface area contributed by atoms with Crippen LogP contribution in [0.4, 0.5) is 0 Å². The number of aromatic carboxylic acids is 1. The number of aldehydes is 1. The number of carboxylic acid groups (broad SMARTS) is 1. The van der Waals surface area contributed by atoms with Crippen LogP contribution in [0, 0.1) is 7.14 Å². The van der Waals surface area contributed by atoms with Crippen molar-refractivity contribution in [2.24, 2.45) is 0 Å². The average Bonchev–Trinajstić information content (AvgIpc) is 2.71. The number of carboxylic acids is 1. The lowest BCUT2D eigenvalue weighted by Gasteiger charge is -2.24. The van der Waals surface area contributed by atoms with E-state index in [0.717, 1.165) is 0 Å². The molecular formula is C20H22I2NO7P. The predicted octanol–water partition coefficient (Wildman–Crippen LogP) is 4.88. The van der Waals surface area contributed by atoms with Crippen molar-refractivity contribution >= 4 is 65.2 Å². The summed E-state index contributed by atoms with van der Waals surface area (Å²) in [6, 6.07) is 10.6. The highest BCUT2D eigenvalue weighted by Gasteiger charge is 2.31. The van der Waals surface area contributed by atoms with E-state index >= 15 is 0 Å². The average molecular weight is 673 g/mol. The zero-order valence-corrected chi connectivity index (χ0v) is 22.0. The molecule has 0 bridgehead atoms. The molecule has 0 aliphatic rings. The fourth-order valence-corrected chi connectivity index (χ4v) is 5.83. The van der Waals surface area contributed by atoms with Crippen LogP contribution in [0.3, 0.4) is 0 Å². The van der Waals surface area contributed by atoms with Crippen LogP contribution in [-0.4, -0.2) is 36.1 Å². The van der Waals surface area contributed by atoms with Crippen LogP contribution >= 0.6 is 52.9 Å². The number of ether oxygens (including phenoxy) is 1. The minimum absolute atomic E-state index is 0.00492. The molecule has 0 spiro atoms. The Kier molecular flexibility index (Phi) is 10.4. The number of hydrogen-bond donors (Lipinski definition) is 2. The van der Waals surface area contributed by atoms with Crippen LogP contribution in [0.2, 0.25) is 0 Å². The first-order valence-corrected chi connectivity index (χ1v) is 12.9. The van der Waals surface area contributed by atoms with Gasteiger partial charge in [0, 0.05) is 12.7 Å². The first kappa shape index (κ1) is 26.2. The van der Waals surface area contributed by atoms with Crippen molar-refractivity contribution < 1.29 is 33.0 Å². The summed E-state index contributed by atoms with van der Waals surface area (Å²) in [5.74, 6) is -0.736. The molecule has 0 aliphatic carbocycles. The van der Waals surface area contributed by atoms with Gasteiger partial charge in [-0.15, -0.1) is 0 Å². The number of para-hydroxylation sites is 1. The Bertz CT molecular complexity index is 933. The normalized spacial score (nSPS) is 14.1. The molecule has 11 heteroatoms. The number of hydrogen-bond acceptors (Lipinski definition) is 6. The van der Waals surface area contributed by atoms with Gasteiger partial charge in [-0.1, -0.05) is 18.2 Å². The van der Waals surface area contributed by atoms with Gasteiger partial charge in [0.15, 0.2) is 0 Å². The summed E-state index contributed by atoms with van der Waals surface area (Å²) in [5.41, 5.74) is 0.803. The molecule has 2 aromatic carbocycles. The summed E-state index contributed by atoms with van der Waals surface area (Å²) in [6.45, 7) is 3.52. The van der Waals surface area contributed by atoms with Crippen molar-refractivity contribution in [2.45, 2.75) is 32.6 Å². The third-order valence-electron chi connectivity index (χ3n) is 3.83. The van der Waals surface area contributed by atoms with Crippen molar-refractivity contribution in [3.8, 4) is 5.75 Å². The molecule has 2 rings (SSSR count). The van der Waals surface area contributed by atoms with Gasteiger partial charge in [-0.05, 0) is 83.3 Å². The first-order valence-electron chi connectivity index (χ1n) is 9.18. The Hall–Kier alpha value is -1.05. The van der Waals surface area contributed by atoms with Crippen molar-refractivity contribution in [3.05, 3.63) is 60.7 Å². The Morgan fingerprint density at radius 2 is 1.81 bits per heavy atom. The van der Waals surface area contributed by atoms with Crippen molar-refractivity contribution in [2.75, 3.05) is 6.61 Å². The van der Waals surface area contributed by atoms with Crippen LogP contribution in [0.5, 0.6) is 5.75 Å².